The van der Waals surface area contributed by atoms with Gasteiger partial charge in [-0.3, -0.25) is 0 Å². The van der Waals surface area contributed by atoms with Crippen LogP contribution in [0, 0.1) is 5.92 Å². The van der Waals surface area contributed by atoms with Crippen molar-refractivity contribution in [2.45, 2.75) is 39.7 Å². The smallest absolute Gasteiger partial charge is 0.120 e. The Bertz CT molecular complexity index is 228. The molecule has 1 atom stereocenters. The monoisotopic (exact) mass is 195 g/mol. The van der Waals surface area contributed by atoms with E-state index in [1.807, 2.05) is 6.07 Å². The number of furan rings is 1. The summed E-state index contributed by atoms with van der Waals surface area (Å²) in [5.41, 5.74) is 0. The highest BCUT2D eigenvalue weighted by Crippen LogP contribution is 2.21. The molecule has 1 aromatic heterocycles. The first-order chi connectivity index (χ1) is 6.74. The van der Waals surface area contributed by atoms with Gasteiger partial charge >= 0.3 is 0 Å². The molecule has 0 radical (unpaired) electrons. The molecule has 0 bridgehead atoms. The Kier molecular flexibility index (Phi) is 4.74. The Labute approximate surface area is 86.7 Å². The van der Waals surface area contributed by atoms with Crippen molar-refractivity contribution in [1.82, 2.24) is 5.32 Å². The van der Waals surface area contributed by atoms with E-state index in [1.165, 1.54) is 0 Å². The molecule has 0 saturated heterocycles. The van der Waals surface area contributed by atoms with Gasteiger partial charge in [-0.05, 0) is 37.4 Å². The van der Waals surface area contributed by atoms with Crippen molar-refractivity contribution in [3.8, 4) is 0 Å². The molecule has 0 spiro atoms. The Morgan fingerprint density at radius 2 is 2.21 bits per heavy atom. The minimum atomic E-state index is 0.380. The molecule has 0 aromatic carbocycles. The van der Waals surface area contributed by atoms with Crippen molar-refractivity contribution in [1.29, 1.82) is 0 Å². The normalized spacial score (nSPS) is 13.4. The van der Waals surface area contributed by atoms with Gasteiger partial charge in [-0.1, -0.05) is 20.8 Å². The van der Waals surface area contributed by atoms with E-state index in [-0.39, 0.29) is 0 Å². The number of rotatable bonds is 6. The molecule has 1 unspecified atom stereocenters. The Morgan fingerprint density at radius 1 is 1.43 bits per heavy atom. The van der Waals surface area contributed by atoms with Gasteiger partial charge in [0.25, 0.3) is 0 Å². The molecule has 0 saturated carbocycles. The first kappa shape index (κ1) is 11.3. The van der Waals surface area contributed by atoms with E-state index in [0.717, 1.165) is 25.1 Å². The van der Waals surface area contributed by atoms with Crippen LogP contribution in [0.1, 0.15) is 45.4 Å². The summed E-state index contributed by atoms with van der Waals surface area (Å²) in [6.07, 6.45) is 4.04. The zero-order chi connectivity index (χ0) is 10.4. The first-order valence-corrected chi connectivity index (χ1v) is 5.50. The maximum atomic E-state index is 5.43. The fourth-order valence-corrected chi connectivity index (χ4v) is 1.58. The van der Waals surface area contributed by atoms with Crippen LogP contribution in [0.15, 0.2) is 22.8 Å². The third-order valence-corrected chi connectivity index (χ3v) is 2.23. The largest absolute Gasteiger partial charge is 0.468 e. The molecule has 1 N–H and O–H groups in total. The van der Waals surface area contributed by atoms with Crippen molar-refractivity contribution in [2.24, 2.45) is 5.92 Å². The summed E-state index contributed by atoms with van der Waals surface area (Å²) in [6, 6.07) is 4.39. The van der Waals surface area contributed by atoms with Crippen LogP contribution in [-0.2, 0) is 0 Å². The van der Waals surface area contributed by atoms with E-state index in [0.29, 0.717) is 12.0 Å². The maximum absolute atomic E-state index is 5.43. The van der Waals surface area contributed by atoms with Crippen LogP contribution in [0.3, 0.4) is 0 Å². The lowest BCUT2D eigenvalue weighted by atomic mass is 10.0. The zero-order valence-corrected chi connectivity index (χ0v) is 9.42. The van der Waals surface area contributed by atoms with E-state index < -0.39 is 0 Å². The van der Waals surface area contributed by atoms with Crippen LogP contribution < -0.4 is 5.32 Å². The average molecular weight is 195 g/mol. The van der Waals surface area contributed by atoms with Gasteiger partial charge in [0.05, 0.1) is 12.3 Å². The molecule has 0 fully saturated rings. The van der Waals surface area contributed by atoms with Crippen LogP contribution in [0.2, 0.25) is 0 Å². The lowest BCUT2D eigenvalue weighted by Gasteiger charge is -2.18. The van der Waals surface area contributed by atoms with Crippen molar-refractivity contribution < 1.29 is 4.42 Å². The minimum absolute atomic E-state index is 0.380. The fraction of sp³-hybridized carbons (Fsp3) is 0.667. The molecule has 1 aromatic rings. The average Bonchev–Trinajstić information content (AvgIpc) is 2.64. The van der Waals surface area contributed by atoms with E-state index in [2.05, 4.69) is 32.2 Å². The van der Waals surface area contributed by atoms with E-state index in [9.17, 15) is 0 Å². The van der Waals surface area contributed by atoms with Gasteiger partial charge in [0, 0.05) is 0 Å². The second-order valence-electron chi connectivity index (χ2n) is 4.15. The second-order valence-corrected chi connectivity index (χ2v) is 4.15. The summed E-state index contributed by atoms with van der Waals surface area (Å²) in [4.78, 5) is 0. The van der Waals surface area contributed by atoms with E-state index in [4.69, 9.17) is 4.42 Å². The van der Waals surface area contributed by atoms with Crippen LogP contribution in [0.4, 0.5) is 0 Å². The van der Waals surface area contributed by atoms with E-state index >= 15 is 0 Å². The van der Waals surface area contributed by atoms with Crippen molar-refractivity contribution in [3.63, 3.8) is 0 Å². The number of nitrogens with one attached hydrogen (secondary N) is 1. The molecule has 14 heavy (non-hydrogen) atoms. The van der Waals surface area contributed by atoms with Crippen molar-refractivity contribution in [2.75, 3.05) is 6.54 Å². The maximum Gasteiger partial charge on any atom is 0.120 e. The molecule has 0 amide bonds. The van der Waals surface area contributed by atoms with Crippen LogP contribution >= 0.6 is 0 Å². The lowest BCUT2D eigenvalue weighted by Crippen LogP contribution is -2.23. The highest BCUT2D eigenvalue weighted by atomic mass is 16.3. The highest BCUT2D eigenvalue weighted by Gasteiger charge is 2.14. The Morgan fingerprint density at radius 3 is 2.71 bits per heavy atom. The van der Waals surface area contributed by atoms with E-state index in [1.54, 1.807) is 6.26 Å². The summed E-state index contributed by atoms with van der Waals surface area (Å²) in [6.45, 7) is 7.72. The summed E-state index contributed by atoms with van der Waals surface area (Å²) < 4.78 is 5.43. The third kappa shape index (κ3) is 3.54. The predicted octanol–water partition coefficient (Wildman–Crippen LogP) is 3.37. The lowest BCUT2D eigenvalue weighted by molar-refractivity contribution is 0.361. The second kappa shape index (κ2) is 5.86. The molecule has 0 aliphatic heterocycles. The molecule has 2 nitrogen and oxygen atoms in total. The van der Waals surface area contributed by atoms with Gasteiger partial charge in [-0.25, -0.2) is 0 Å². The van der Waals surface area contributed by atoms with Crippen LogP contribution in [-0.4, -0.2) is 6.54 Å². The van der Waals surface area contributed by atoms with Gasteiger partial charge in [0.2, 0.25) is 0 Å². The van der Waals surface area contributed by atoms with Gasteiger partial charge in [0.1, 0.15) is 5.76 Å². The third-order valence-electron chi connectivity index (χ3n) is 2.23. The summed E-state index contributed by atoms with van der Waals surface area (Å²) in [7, 11) is 0. The van der Waals surface area contributed by atoms with Crippen molar-refractivity contribution >= 4 is 0 Å². The molecule has 1 heterocycles. The minimum Gasteiger partial charge on any atom is -0.468 e. The Hall–Kier alpha value is -0.760. The molecule has 80 valence electrons. The molecule has 1 rings (SSSR count). The Balaban J connectivity index is 2.53. The molecular weight excluding hydrogens is 174 g/mol. The van der Waals surface area contributed by atoms with Gasteiger partial charge < -0.3 is 9.73 Å². The summed E-state index contributed by atoms with van der Waals surface area (Å²) in [5.74, 6) is 1.75. The number of hydrogen-bond donors (Lipinski definition) is 1. The van der Waals surface area contributed by atoms with Gasteiger partial charge in [-0.15, -0.1) is 0 Å². The zero-order valence-electron chi connectivity index (χ0n) is 9.42. The first-order valence-electron chi connectivity index (χ1n) is 5.50. The topological polar surface area (TPSA) is 25.2 Å². The highest BCUT2D eigenvalue weighted by molar-refractivity contribution is 5.04. The molecule has 2 heteroatoms. The van der Waals surface area contributed by atoms with Crippen molar-refractivity contribution in [3.05, 3.63) is 24.2 Å². The quantitative estimate of drug-likeness (QED) is 0.753. The predicted molar refractivity (Wildman–Crippen MR) is 59.2 cm³/mol. The van der Waals surface area contributed by atoms with Crippen LogP contribution in [0.5, 0.6) is 0 Å². The van der Waals surface area contributed by atoms with Gasteiger partial charge in [0.15, 0.2) is 0 Å². The summed E-state index contributed by atoms with van der Waals surface area (Å²) >= 11 is 0. The van der Waals surface area contributed by atoms with Crippen LogP contribution in [0.25, 0.3) is 0 Å². The SMILES string of the molecule is CCCNC(CC(C)C)c1ccco1. The summed E-state index contributed by atoms with van der Waals surface area (Å²) in [5, 5.41) is 3.51. The molecule has 0 aliphatic rings. The van der Waals surface area contributed by atoms with Gasteiger partial charge in [-0.2, -0.15) is 0 Å². The fourth-order valence-electron chi connectivity index (χ4n) is 1.58. The standard InChI is InChI=1S/C12H21NO/c1-4-7-13-11(9-10(2)3)12-6-5-8-14-12/h5-6,8,10-11,13H,4,7,9H2,1-3H3. The number of hydrogen-bond acceptors (Lipinski definition) is 2. The molecular formula is C12H21NO. The molecule has 0 aliphatic carbocycles.